The molecule has 19 heavy (non-hydrogen) atoms. The van der Waals surface area contributed by atoms with Crippen LogP contribution in [0, 0.1) is 7.14 Å². The number of carbonyl (C=O) groups excluding carboxylic acids is 1. The maximum absolute atomic E-state index is 12.2. The van der Waals surface area contributed by atoms with Gasteiger partial charge in [0.05, 0.1) is 21.3 Å². The number of amides is 1. The lowest BCUT2D eigenvalue weighted by molar-refractivity contribution is 0.0715. The molecule has 2 atom stereocenters. The van der Waals surface area contributed by atoms with Crippen LogP contribution in [0.3, 0.4) is 0 Å². The molecule has 0 aliphatic heterocycles. The van der Waals surface area contributed by atoms with Crippen molar-refractivity contribution in [3.05, 3.63) is 24.8 Å². The number of benzene rings is 1. The Morgan fingerprint density at radius 1 is 1.26 bits per heavy atom. The fourth-order valence-corrected chi connectivity index (χ4v) is 4.11. The van der Waals surface area contributed by atoms with Crippen LogP contribution in [0.25, 0.3) is 0 Å². The molecule has 0 unspecified atom stereocenters. The zero-order valence-corrected chi connectivity index (χ0v) is 14.5. The predicted molar refractivity (Wildman–Crippen MR) is 89.3 cm³/mol. The van der Waals surface area contributed by atoms with E-state index in [1.54, 1.807) is 6.07 Å². The average molecular weight is 487 g/mol. The van der Waals surface area contributed by atoms with Gasteiger partial charge in [0.1, 0.15) is 5.75 Å². The van der Waals surface area contributed by atoms with Crippen LogP contribution >= 0.6 is 45.2 Å². The van der Waals surface area contributed by atoms with Crippen LogP contribution in [0.5, 0.6) is 5.75 Å². The van der Waals surface area contributed by atoms with E-state index in [0.29, 0.717) is 3.57 Å². The number of aliphatic hydroxyl groups excluding tert-OH is 1. The molecule has 1 aliphatic carbocycles. The summed E-state index contributed by atoms with van der Waals surface area (Å²) in [5.74, 6) is -0.316. The van der Waals surface area contributed by atoms with Gasteiger partial charge < -0.3 is 15.5 Å². The van der Waals surface area contributed by atoms with Gasteiger partial charge in [-0.2, -0.15) is 0 Å². The van der Waals surface area contributed by atoms with Crippen LogP contribution in [0.4, 0.5) is 0 Å². The van der Waals surface area contributed by atoms with Gasteiger partial charge in [-0.1, -0.05) is 12.8 Å². The summed E-state index contributed by atoms with van der Waals surface area (Å²) in [6, 6.07) is 3.25. The van der Waals surface area contributed by atoms with Gasteiger partial charge >= 0.3 is 0 Å². The largest absolute Gasteiger partial charge is 0.506 e. The predicted octanol–water partition coefficient (Wildman–Crippen LogP) is 2.63. The van der Waals surface area contributed by atoms with Crippen molar-refractivity contribution >= 4 is 51.1 Å². The normalized spacial score (nSPS) is 23.1. The molecule has 6 heteroatoms. The number of carbonyl (C=O) groups is 1. The summed E-state index contributed by atoms with van der Waals surface area (Å²) in [4.78, 5) is 12.2. The summed E-state index contributed by atoms with van der Waals surface area (Å²) in [5, 5.41) is 22.6. The molecule has 104 valence electrons. The molecule has 4 nitrogen and oxygen atoms in total. The molecular weight excluding hydrogens is 472 g/mol. The molecule has 0 bridgehead atoms. The summed E-state index contributed by atoms with van der Waals surface area (Å²) in [6.07, 6.45) is 3.04. The minimum Gasteiger partial charge on any atom is -0.506 e. The quantitative estimate of drug-likeness (QED) is 0.563. The molecule has 2 rings (SSSR count). The highest BCUT2D eigenvalue weighted by Gasteiger charge is 2.26. The van der Waals surface area contributed by atoms with Gasteiger partial charge in [-0.25, -0.2) is 0 Å². The van der Waals surface area contributed by atoms with Crippen LogP contribution in [-0.4, -0.2) is 28.3 Å². The SMILES string of the molecule is O=C(N[C@@H]1CCCC[C@H]1O)c1cc(I)cc(I)c1O. The van der Waals surface area contributed by atoms with Crippen LogP contribution in [0.15, 0.2) is 12.1 Å². The number of hydrogen-bond donors (Lipinski definition) is 3. The van der Waals surface area contributed by atoms with Gasteiger partial charge in [0.15, 0.2) is 0 Å². The fraction of sp³-hybridized carbons (Fsp3) is 0.462. The minimum absolute atomic E-state index is 0.00353. The van der Waals surface area contributed by atoms with Gasteiger partial charge in [0, 0.05) is 3.57 Å². The molecule has 1 aliphatic rings. The first-order chi connectivity index (χ1) is 8.99. The van der Waals surface area contributed by atoms with E-state index in [-0.39, 0.29) is 23.3 Å². The van der Waals surface area contributed by atoms with Crippen molar-refractivity contribution in [1.82, 2.24) is 5.32 Å². The van der Waals surface area contributed by atoms with Crippen molar-refractivity contribution in [2.24, 2.45) is 0 Å². The molecule has 1 aromatic carbocycles. The molecule has 1 aromatic rings. The van der Waals surface area contributed by atoms with E-state index in [4.69, 9.17) is 0 Å². The number of phenolic OH excluding ortho intramolecular Hbond substituents is 1. The van der Waals surface area contributed by atoms with Gasteiger partial charge in [-0.05, 0) is 70.2 Å². The minimum atomic E-state index is -0.485. The molecule has 0 heterocycles. The average Bonchev–Trinajstić information content (AvgIpc) is 2.36. The Kier molecular flexibility index (Phi) is 5.29. The first-order valence-electron chi connectivity index (χ1n) is 6.16. The number of nitrogens with one attached hydrogen (secondary N) is 1. The van der Waals surface area contributed by atoms with E-state index in [1.807, 2.05) is 28.7 Å². The smallest absolute Gasteiger partial charge is 0.255 e. The van der Waals surface area contributed by atoms with Gasteiger partial charge in [0.2, 0.25) is 0 Å². The summed E-state index contributed by atoms with van der Waals surface area (Å²) in [7, 11) is 0. The molecule has 0 spiro atoms. The van der Waals surface area contributed by atoms with Crippen molar-refractivity contribution < 1.29 is 15.0 Å². The third-order valence-electron chi connectivity index (χ3n) is 3.32. The van der Waals surface area contributed by atoms with Crippen molar-refractivity contribution in [2.75, 3.05) is 0 Å². The number of aliphatic hydroxyl groups is 1. The second-order valence-electron chi connectivity index (χ2n) is 4.72. The Labute approximate surface area is 139 Å². The van der Waals surface area contributed by atoms with Crippen molar-refractivity contribution in [1.29, 1.82) is 0 Å². The Bertz CT molecular complexity index is 493. The molecule has 0 radical (unpaired) electrons. The van der Waals surface area contributed by atoms with Crippen molar-refractivity contribution in [3.63, 3.8) is 0 Å². The van der Waals surface area contributed by atoms with E-state index in [1.165, 1.54) is 0 Å². The zero-order chi connectivity index (χ0) is 14.0. The maximum Gasteiger partial charge on any atom is 0.255 e. The number of halogens is 2. The van der Waals surface area contributed by atoms with Crippen LogP contribution < -0.4 is 5.32 Å². The van der Waals surface area contributed by atoms with Crippen molar-refractivity contribution in [2.45, 2.75) is 37.8 Å². The Morgan fingerprint density at radius 2 is 1.95 bits per heavy atom. The highest BCUT2D eigenvalue weighted by molar-refractivity contribution is 14.1. The van der Waals surface area contributed by atoms with E-state index >= 15 is 0 Å². The Balaban J connectivity index is 2.15. The van der Waals surface area contributed by atoms with Crippen molar-refractivity contribution in [3.8, 4) is 5.75 Å². The number of phenols is 1. The molecule has 3 N–H and O–H groups in total. The van der Waals surface area contributed by atoms with E-state index in [9.17, 15) is 15.0 Å². The molecular formula is C13H15I2NO3. The number of hydrogen-bond acceptors (Lipinski definition) is 3. The number of aromatic hydroxyl groups is 1. The molecule has 1 fully saturated rings. The molecule has 0 saturated heterocycles. The standard InChI is InChI=1S/C13H15I2NO3/c14-7-5-8(12(18)9(15)6-7)13(19)16-10-3-1-2-4-11(10)17/h5-6,10-11,17-18H,1-4H2,(H,16,19)/t10-,11-/m1/s1. The lowest BCUT2D eigenvalue weighted by atomic mass is 9.92. The van der Waals surface area contributed by atoms with Crippen LogP contribution in [0.1, 0.15) is 36.0 Å². The second kappa shape index (κ2) is 6.57. The third kappa shape index (κ3) is 3.72. The first-order valence-corrected chi connectivity index (χ1v) is 8.31. The van der Waals surface area contributed by atoms with Gasteiger partial charge in [-0.3, -0.25) is 4.79 Å². The Hall–Kier alpha value is -0.0900. The maximum atomic E-state index is 12.2. The monoisotopic (exact) mass is 487 g/mol. The second-order valence-corrected chi connectivity index (χ2v) is 7.12. The summed E-state index contributed by atoms with van der Waals surface area (Å²) < 4.78 is 1.55. The summed E-state index contributed by atoms with van der Waals surface area (Å²) in [5.41, 5.74) is 0.272. The van der Waals surface area contributed by atoms with E-state index in [2.05, 4.69) is 27.9 Å². The highest BCUT2D eigenvalue weighted by Crippen LogP contribution is 2.27. The Morgan fingerprint density at radius 3 is 2.63 bits per heavy atom. The first kappa shape index (κ1) is 15.3. The third-order valence-corrected chi connectivity index (χ3v) is 4.76. The molecule has 1 amide bonds. The lowest BCUT2D eigenvalue weighted by Gasteiger charge is -2.28. The topological polar surface area (TPSA) is 69.6 Å². The van der Waals surface area contributed by atoms with E-state index < -0.39 is 6.10 Å². The van der Waals surface area contributed by atoms with Crippen LogP contribution in [-0.2, 0) is 0 Å². The molecule has 1 saturated carbocycles. The lowest BCUT2D eigenvalue weighted by Crippen LogP contribution is -2.45. The van der Waals surface area contributed by atoms with Crippen LogP contribution in [0.2, 0.25) is 0 Å². The fourth-order valence-electron chi connectivity index (χ4n) is 2.26. The van der Waals surface area contributed by atoms with Gasteiger partial charge in [0.25, 0.3) is 5.91 Å². The summed E-state index contributed by atoms with van der Waals surface area (Å²) in [6.45, 7) is 0. The van der Waals surface area contributed by atoms with E-state index in [0.717, 1.165) is 29.3 Å². The molecule has 0 aromatic heterocycles. The zero-order valence-electron chi connectivity index (χ0n) is 10.2. The summed E-state index contributed by atoms with van der Waals surface area (Å²) >= 11 is 4.11. The van der Waals surface area contributed by atoms with Gasteiger partial charge in [-0.15, -0.1) is 0 Å². The number of rotatable bonds is 2. The highest BCUT2D eigenvalue weighted by atomic mass is 127.